The number of ether oxygens (including phenoxy) is 3. The highest BCUT2D eigenvalue weighted by molar-refractivity contribution is 5.81. The van der Waals surface area contributed by atoms with E-state index in [0.29, 0.717) is 0 Å². The molecule has 0 aliphatic carbocycles. The topological polar surface area (TPSA) is 90.9 Å². The fourth-order valence-corrected chi connectivity index (χ4v) is 0.961. The molecular weight excluding hydrogens is 242 g/mol. The van der Waals surface area contributed by atoms with E-state index >= 15 is 0 Å². The zero-order chi connectivity index (χ0) is 14.3. The maximum atomic E-state index is 11.5. The third-order valence-corrected chi connectivity index (χ3v) is 1.63. The highest BCUT2D eigenvalue weighted by Crippen LogP contribution is 2.07. The van der Waals surface area contributed by atoms with Crippen molar-refractivity contribution in [1.82, 2.24) is 5.32 Å². The average Bonchev–Trinajstić information content (AvgIpc) is 2.20. The standard InChI is InChI=1S/C11H19NO6/c1-7(13)17-6-8(9(14)16-5)12-10(15)18-11(2,3)4/h8H,6H2,1-5H3,(H,12,15). The van der Waals surface area contributed by atoms with E-state index in [1.54, 1.807) is 20.8 Å². The van der Waals surface area contributed by atoms with Gasteiger partial charge in [-0.1, -0.05) is 0 Å². The van der Waals surface area contributed by atoms with E-state index < -0.39 is 29.7 Å². The van der Waals surface area contributed by atoms with Crippen LogP contribution in [0.5, 0.6) is 0 Å². The first kappa shape index (κ1) is 16.2. The number of carbonyl (C=O) groups is 3. The number of rotatable bonds is 4. The predicted molar refractivity (Wildman–Crippen MR) is 61.8 cm³/mol. The lowest BCUT2D eigenvalue weighted by Crippen LogP contribution is -2.46. The minimum atomic E-state index is -1.09. The Balaban J connectivity index is 4.45. The van der Waals surface area contributed by atoms with Gasteiger partial charge >= 0.3 is 18.0 Å². The lowest BCUT2D eigenvalue weighted by atomic mass is 10.2. The van der Waals surface area contributed by atoms with Gasteiger partial charge in [0.05, 0.1) is 7.11 Å². The second-order valence-electron chi connectivity index (χ2n) is 4.52. The Hall–Kier alpha value is -1.79. The molecule has 104 valence electrons. The van der Waals surface area contributed by atoms with Crippen LogP contribution in [-0.4, -0.2) is 43.4 Å². The number of esters is 2. The van der Waals surface area contributed by atoms with Crippen LogP contribution in [0.4, 0.5) is 4.79 Å². The van der Waals surface area contributed by atoms with E-state index in [9.17, 15) is 14.4 Å². The first-order valence-corrected chi connectivity index (χ1v) is 5.36. The van der Waals surface area contributed by atoms with Gasteiger partial charge in [0.25, 0.3) is 0 Å². The van der Waals surface area contributed by atoms with Crippen molar-refractivity contribution in [3.63, 3.8) is 0 Å². The summed E-state index contributed by atoms with van der Waals surface area (Å²) in [5.74, 6) is -1.28. The highest BCUT2D eigenvalue weighted by Gasteiger charge is 2.25. The summed E-state index contributed by atoms with van der Waals surface area (Å²) in [4.78, 5) is 33.4. The van der Waals surface area contributed by atoms with Gasteiger partial charge in [-0.25, -0.2) is 9.59 Å². The Morgan fingerprint density at radius 2 is 1.78 bits per heavy atom. The summed E-state index contributed by atoms with van der Waals surface area (Å²) in [6.45, 7) is 5.95. The maximum absolute atomic E-state index is 11.5. The third-order valence-electron chi connectivity index (χ3n) is 1.63. The monoisotopic (exact) mass is 261 g/mol. The number of amides is 1. The fourth-order valence-electron chi connectivity index (χ4n) is 0.961. The van der Waals surface area contributed by atoms with E-state index in [1.165, 1.54) is 14.0 Å². The van der Waals surface area contributed by atoms with Gasteiger partial charge in [0.2, 0.25) is 0 Å². The van der Waals surface area contributed by atoms with Crippen LogP contribution in [0.2, 0.25) is 0 Å². The van der Waals surface area contributed by atoms with Crippen molar-refractivity contribution in [3.8, 4) is 0 Å². The molecule has 0 aromatic heterocycles. The molecule has 0 saturated heterocycles. The molecule has 0 fully saturated rings. The van der Waals surface area contributed by atoms with Crippen LogP contribution in [0, 0.1) is 0 Å². The van der Waals surface area contributed by atoms with Crippen molar-refractivity contribution in [3.05, 3.63) is 0 Å². The molecule has 0 bridgehead atoms. The lowest BCUT2D eigenvalue weighted by molar-refractivity contribution is -0.149. The molecule has 1 unspecified atom stereocenters. The summed E-state index contributed by atoms with van der Waals surface area (Å²) in [6.07, 6.45) is -0.787. The second-order valence-corrected chi connectivity index (χ2v) is 4.52. The lowest BCUT2D eigenvalue weighted by Gasteiger charge is -2.22. The van der Waals surface area contributed by atoms with Crippen LogP contribution in [0.25, 0.3) is 0 Å². The molecular formula is C11H19NO6. The molecule has 0 heterocycles. The molecule has 7 nitrogen and oxygen atoms in total. The van der Waals surface area contributed by atoms with Crippen LogP contribution >= 0.6 is 0 Å². The summed E-state index contributed by atoms with van der Waals surface area (Å²) in [6, 6.07) is -1.09. The van der Waals surface area contributed by atoms with Gasteiger partial charge in [0, 0.05) is 6.92 Å². The number of alkyl carbamates (subject to hydrolysis) is 1. The van der Waals surface area contributed by atoms with Crippen molar-refractivity contribution < 1.29 is 28.6 Å². The second kappa shape index (κ2) is 6.83. The van der Waals surface area contributed by atoms with Crippen molar-refractivity contribution in [1.29, 1.82) is 0 Å². The highest BCUT2D eigenvalue weighted by atomic mass is 16.6. The molecule has 0 aliphatic heterocycles. The predicted octanol–water partition coefficient (Wildman–Crippen LogP) is 0.616. The average molecular weight is 261 g/mol. The van der Waals surface area contributed by atoms with Gasteiger partial charge in [0.15, 0.2) is 6.04 Å². The zero-order valence-corrected chi connectivity index (χ0v) is 11.2. The molecule has 1 atom stereocenters. The number of methoxy groups -OCH3 is 1. The minimum absolute atomic E-state index is 0.304. The molecule has 0 radical (unpaired) electrons. The molecule has 0 aliphatic rings. The van der Waals surface area contributed by atoms with Gasteiger partial charge in [0.1, 0.15) is 12.2 Å². The molecule has 0 spiro atoms. The smallest absolute Gasteiger partial charge is 0.408 e. The number of hydrogen-bond donors (Lipinski definition) is 1. The Labute approximate surface area is 106 Å². The summed E-state index contributed by atoms with van der Waals surface area (Å²) < 4.78 is 14.1. The van der Waals surface area contributed by atoms with E-state index in [4.69, 9.17) is 4.74 Å². The van der Waals surface area contributed by atoms with Gasteiger partial charge in [-0.2, -0.15) is 0 Å². The SMILES string of the molecule is COC(=O)C(COC(C)=O)NC(=O)OC(C)(C)C. The van der Waals surface area contributed by atoms with Crippen molar-refractivity contribution >= 4 is 18.0 Å². The van der Waals surface area contributed by atoms with E-state index in [-0.39, 0.29) is 6.61 Å². The number of carbonyl (C=O) groups excluding carboxylic acids is 3. The molecule has 1 N–H and O–H groups in total. The van der Waals surface area contributed by atoms with Gasteiger partial charge in [-0.3, -0.25) is 4.79 Å². The summed E-state index contributed by atoms with van der Waals surface area (Å²) in [5, 5.41) is 2.27. The molecule has 0 aromatic rings. The molecule has 18 heavy (non-hydrogen) atoms. The van der Waals surface area contributed by atoms with Crippen LogP contribution in [0.3, 0.4) is 0 Å². The third kappa shape index (κ3) is 7.48. The van der Waals surface area contributed by atoms with Crippen LogP contribution < -0.4 is 5.32 Å². The van der Waals surface area contributed by atoms with Gasteiger partial charge in [-0.05, 0) is 20.8 Å². The quantitative estimate of drug-likeness (QED) is 0.589. The van der Waals surface area contributed by atoms with Crippen molar-refractivity contribution in [2.45, 2.75) is 39.3 Å². The normalized spacial score (nSPS) is 12.3. The molecule has 1 amide bonds. The zero-order valence-electron chi connectivity index (χ0n) is 11.2. The van der Waals surface area contributed by atoms with Crippen molar-refractivity contribution in [2.24, 2.45) is 0 Å². The fraction of sp³-hybridized carbons (Fsp3) is 0.727. The largest absolute Gasteiger partial charge is 0.467 e. The summed E-state index contributed by atoms with van der Waals surface area (Å²) >= 11 is 0. The summed E-state index contributed by atoms with van der Waals surface area (Å²) in [5.41, 5.74) is -0.688. The first-order valence-electron chi connectivity index (χ1n) is 5.36. The molecule has 7 heteroatoms. The number of nitrogens with one attached hydrogen (secondary N) is 1. The Bertz CT molecular complexity index is 320. The summed E-state index contributed by atoms with van der Waals surface area (Å²) in [7, 11) is 1.17. The Kier molecular flexibility index (Phi) is 6.15. The maximum Gasteiger partial charge on any atom is 0.408 e. The van der Waals surface area contributed by atoms with Crippen molar-refractivity contribution in [2.75, 3.05) is 13.7 Å². The molecule has 0 rings (SSSR count). The van der Waals surface area contributed by atoms with Gasteiger partial charge in [-0.15, -0.1) is 0 Å². The van der Waals surface area contributed by atoms with Crippen LogP contribution in [-0.2, 0) is 23.8 Å². The molecule has 0 saturated carbocycles. The van der Waals surface area contributed by atoms with E-state index in [2.05, 4.69) is 14.8 Å². The Morgan fingerprint density at radius 3 is 2.17 bits per heavy atom. The number of hydrogen-bond acceptors (Lipinski definition) is 6. The first-order chi connectivity index (χ1) is 8.15. The Morgan fingerprint density at radius 1 is 1.22 bits per heavy atom. The van der Waals surface area contributed by atoms with Crippen LogP contribution in [0.15, 0.2) is 0 Å². The van der Waals surface area contributed by atoms with Gasteiger partial charge < -0.3 is 19.5 Å². The van der Waals surface area contributed by atoms with Crippen LogP contribution in [0.1, 0.15) is 27.7 Å². The molecule has 0 aromatic carbocycles. The minimum Gasteiger partial charge on any atom is -0.467 e. The van der Waals surface area contributed by atoms with E-state index in [0.717, 1.165) is 0 Å². The van der Waals surface area contributed by atoms with E-state index in [1.807, 2.05) is 0 Å².